The smallest absolute Gasteiger partial charge is 0.309 e. The van der Waals surface area contributed by atoms with Gasteiger partial charge in [-0.25, -0.2) is 0 Å². The first-order valence-electron chi connectivity index (χ1n) is 9.42. The van der Waals surface area contributed by atoms with Crippen LogP contribution in [0.5, 0.6) is 0 Å². The van der Waals surface area contributed by atoms with Gasteiger partial charge in [-0.2, -0.15) is 0 Å². The van der Waals surface area contributed by atoms with Crippen LogP contribution >= 0.6 is 0 Å². The minimum atomic E-state index is -0.583. The summed E-state index contributed by atoms with van der Waals surface area (Å²) >= 11 is 0. The van der Waals surface area contributed by atoms with Crippen molar-refractivity contribution in [1.82, 2.24) is 15.6 Å². The van der Waals surface area contributed by atoms with Gasteiger partial charge in [0.05, 0.1) is 6.04 Å². The van der Waals surface area contributed by atoms with Crippen LogP contribution in [0, 0.1) is 5.92 Å². The predicted molar refractivity (Wildman–Crippen MR) is 105 cm³/mol. The zero-order valence-electron chi connectivity index (χ0n) is 15.6. The quantitative estimate of drug-likeness (QED) is 0.797. The van der Waals surface area contributed by atoms with E-state index in [9.17, 15) is 9.59 Å². The number of rotatable bonds is 5. The van der Waals surface area contributed by atoms with E-state index < -0.39 is 11.8 Å². The molecule has 6 heteroatoms. The van der Waals surface area contributed by atoms with E-state index in [4.69, 9.17) is 0 Å². The molecule has 1 aromatic heterocycles. The highest BCUT2D eigenvalue weighted by Crippen LogP contribution is 2.22. The Morgan fingerprint density at radius 3 is 2.41 bits per heavy atom. The van der Waals surface area contributed by atoms with Crippen LogP contribution in [0.1, 0.15) is 31.4 Å². The summed E-state index contributed by atoms with van der Waals surface area (Å²) in [5.41, 5.74) is 2.16. The second kappa shape index (κ2) is 9.16. The topological polar surface area (TPSA) is 74.3 Å². The van der Waals surface area contributed by atoms with Gasteiger partial charge in [0.2, 0.25) is 0 Å². The monoisotopic (exact) mass is 366 g/mol. The normalized spacial score (nSPS) is 15.8. The van der Waals surface area contributed by atoms with Gasteiger partial charge in [0, 0.05) is 37.7 Å². The molecule has 2 amide bonds. The standard InChI is InChI=1S/C21H26N4O2/c1-16(18-5-3-2-4-6-18)24-21(27)20(26)23-15-17-9-13-25(14-10-17)19-7-11-22-12-8-19/h2-8,11-12,16-17H,9-10,13-15H2,1H3,(H,23,26)(H,24,27). The van der Waals surface area contributed by atoms with Crippen LogP contribution in [0.15, 0.2) is 54.9 Å². The minimum absolute atomic E-state index is 0.201. The number of hydrogen-bond acceptors (Lipinski definition) is 4. The average Bonchev–Trinajstić information content (AvgIpc) is 2.73. The third-order valence-electron chi connectivity index (χ3n) is 5.05. The lowest BCUT2D eigenvalue weighted by Gasteiger charge is -2.33. The summed E-state index contributed by atoms with van der Waals surface area (Å²) in [6.45, 7) is 4.30. The number of nitrogens with one attached hydrogen (secondary N) is 2. The Kier molecular flexibility index (Phi) is 6.41. The number of amides is 2. The Labute approximate surface area is 160 Å². The Morgan fingerprint density at radius 2 is 1.74 bits per heavy atom. The van der Waals surface area contributed by atoms with Gasteiger partial charge < -0.3 is 15.5 Å². The molecule has 0 spiro atoms. The highest BCUT2D eigenvalue weighted by Gasteiger charge is 2.22. The maximum atomic E-state index is 12.1. The third-order valence-corrected chi connectivity index (χ3v) is 5.05. The molecule has 1 unspecified atom stereocenters. The molecule has 0 radical (unpaired) electrons. The molecule has 1 atom stereocenters. The number of carbonyl (C=O) groups excluding carboxylic acids is 2. The lowest BCUT2D eigenvalue weighted by molar-refractivity contribution is -0.139. The highest BCUT2D eigenvalue weighted by atomic mass is 16.2. The number of nitrogens with zero attached hydrogens (tertiary/aromatic N) is 2. The zero-order valence-corrected chi connectivity index (χ0v) is 15.6. The molecule has 1 saturated heterocycles. The van der Waals surface area contributed by atoms with Crippen LogP contribution in [-0.2, 0) is 9.59 Å². The van der Waals surface area contributed by atoms with Crippen molar-refractivity contribution < 1.29 is 9.59 Å². The van der Waals surface area contributed by atoms with Gasteiger partial charge in [-0.15, -0.1) is 0 Å². The molecule has 2 N–H and O–H groups in total. The summed E-state index contributed by atoms with van der Waals surface area (Å²) in [6.07, 6.45) is 5.59. The molecule has 1 fully saturated rings. The molecule has 1 aromatic carbocycles. The predicted octanol–water partition coefficient (Wildman–Crippen LogP) is 2.29. The summed E-state index contributed by atoms with van der Waals surface area (Å²) in [5.74, 6) is -0.749. The molecule has 0 aliphatic carbocycles. The molecule has 27 heavy (non-hydrogen) atoms. The Hall–Kier alpha value is -2.89. The first kappa shape index (κ1) is 18.9. The molecule has 1 aliphatic rings. The molecule has 6 nitrogen and oxygen atoms in total. The van der Waals surface area contributed by atoms with E-state index in [1.165, 1.54) is 5.69 Å². The largest absolute Gasteiger partial charge is 0.371 e. The van der Waals surface area contributed by atoms with Gasteiger partial charge in [0.1, 0.15) is 0 Å². The third kappa shape index (κ3) is 5.29. The maximum Gasteiger partial charge on any atom is 0.309 e. The molecule has 1 aliphatic heterocycles. The number of hydrogen-bond donors (Lipinski definition) is 2. The fourth-order valence-corrected chi connectivity index (χ4v) is 3.35. The SMILES string of the molecule is CC(NC(=O)C(=O)NCC1CCN(c2ccncc2)CC1)c1ccccc1. The second-order valence-electron chi connectivity index (χ2n) is 6.95. The number of aromatic nitrogens is 1. The van der Waals surface area contributed by atoms with E-state index in [0.717, 1.165) is 31.5 Å². The number of benzene rings is 1. The van der Waals surface area contributed by atoms with Gasteiger partial charge in [-0.1, -0.05) is 30.3 Å². The van der Waals surface area contributed by atoms with Crippen molar-refractivity contribution in [3.05, 3.63) is 60.4 Å². The lowest BCUT2D eigenvalue weighted by atomic mass is 9.96. The Morgan fingerprint density at radius 1 is 1.07 bits per heavy atom. The van der Waals surface area contributed by atoms with E-state index in [1.54, 1.807) is 12.4 Å². The van der Waals surface area contributed by atoms with E-state index in [1.807, 2.05) is 49.4 Å². The lowest BCUT2D eigenvalue weighted by Crippen LogP contribution is -2.44. The van der Waals surface area contributed by atoms with E-state index >= 15 is 0 Å². The van der Waals surface area contributed by atoms with E-state index in [2.05, 4.69) is 20.5 Å². The Balaban J connectivity index is 1.40. The van der Waals surface area contributed by atoms with Gasteiger partial charge >= 0.3 is 11.8 Å². The molecule has 0 bridgehead atoms. The van der Waals surface area contributed by atoms with Gasteiger partial charge in [-0.3, -0.25) is 14.6 Å². The van der Waals surface area contributed by atoms with Crippen molar-refractivity contribution in [3.8, 4) is 0 Å². The van der Waals surface area contributed by atoms with Gasteiger partial charge in [-0.05, 0) is 43.4 Å². The van der Waals surface area contributed by atoms with Crippen LogP contribution in [0.2, 0.25) is 0 Å². The fourth-order valence-electron chi connectivity index (χ4n) is 3.35. The average molecular weight is 366 g/mol. The van der Waals surface area contributed by atoms with E-state index in [-0.39, 0.29) is 6.04 Å². The van der Waals surface area contributed by atoms with Crippen molar-refractivity contribution in [1.29, 1.82) is 0 Å². The van der Waals surface area contributed by atoms with Crippen molar-refractivity contribution in [2.75, 3.05) is 24.5 Å². The number of piperidine rings is 1. The summed E-state index contributed by atoms with van der Waals surface area (Å²) < 4.78 is 0. The van der Waals surface area contributed by atoms with E-state index in [0.29, 0.717) is 12.5 Å². The van der Waals surface area contributed by atoms with Gasteiger partial charge in [0.15, 0.2) is 0 Å². The maximum absolute atomic E-state index is 12.1. The van der Waals surface area contributed by atoms with Crippen molar-refractivity contribution in [2.45, 2.75) is 25.8 Å². The fraction of sp³-hybridized carbons (Fsp3) is 0.381. The minimum Gasteiger partial charge on any atom is -0.371 e. The summed E-state index contributed by atoms with van der Waals surface area (Å²) in [4.78, 5) is 30.6. The summed E-state index contributed by atoms with van der Waals surface area (Å²) in [5, 5.41) is 5.53. The van der Waals surface area contributed by atoms with Crippen molar-refractivity contribution in [2.24, 2.45) is 5.92 Å². The van der Waals surface area contributed by atoms with Crippen LogP contribution in [0.3, 0.4) is 0 Å². The molecule has 0 saturated carbocycles. The second-order valence-corrected chi connectivity index (χ2v) is 6.95. The summed E-state index contributed by atoms with van der Waals surface area (Å²) in [7, 11) is 0. The molecule has 142 valence electrons. The summed E-state index contributed by atoms with van der Waals surface area (Å²) in [6, 6.07) is 13.4. The molecule has 2 aromatic rings. The van der Waals surface area contributed by atoms with Crippen LogP contribution in [0.4, 0.5) is 5.69 Å². The van der Waals surface area contributed by atoms with Gasteiger partial charge in [0.25, 0.3) is 0 Å². The first-order chi connectivity index (χ1) is 13.1. The van der Waals surface area contributed by atoms with Crippen LogP contribution in [-0.4, -0.2) is 36.4 Å². The molecule has 3 rings (SSSR count). The number of anilines is 1. The van der Waals surface area contributed by atoms with Crippen LogP contribution in [0.25, 0.3) is 0 Å². The van der Waals surface area contributed by atoms with Crippen molar-refractivity contribution in [3.63, 3.8) is 0 Å². The van der Waals surface area contributed by atoms with Crippen LogP contribution < -0.4 is 15.5 Å². The molecular formula is C21H26N4O2. The number of pyridine rings is 1. The zero-order chi connectivity index (χ0) is 19.1. The first-order valence-corrected chi connectivity index (χ1v) is 9.42. The van der Waals surface area contributed by atoms with Crippen molar-refractivity contribution >= 4 is 17.5 Å². The molecule has 2 heterocycles. The Bertz CT molecular complexity index is 743. The number of carbonyl (C=O) groups is 2. The molecular weight excluding hydrogens is 340 g/mol. The highest BCUT2D eigenvalue weighted by molar-refractivity contribution is 6.35.